The second-order valence-electron chi connectivity index (χ2n) is 4.29. The van der Waals surface area contributed by atoms with E-state index in [1.165, 1.54) is 13.0 Å². The molecule has 0 aromatic heterocycles. The van der Waals surface area contributed by atoms with Gasteiger partial charge in [-0.15, -0.1) is 0 Å². The molecule has 84 valence electrons. The first-order valence-electron chi connectivity index (χ1n) is 5.61. The molecule has 0 aliphatic carbocycles. The molecule has 2 unspecified atom stereocenters. The van der Waals surface area contributed by atoms with Crippen LogP contribution < -0.4 is 0 Å². The van der Waals surface area contributed by atoms with Gasteiger partial charge in [-0.1, -0.05) is 0 Å². The van der Waals surface area contributed by atoms with Crippen molar-refractivity contribution >= 4 is 0 Å². The van der Waals surface area contributed by atoms with Crippen molar-refractivity contribution in [2.75, 3.05) is 33.4 Å². The van der Waals surface area contributed by atoms with Crippen molar-refractivity contribution in [3.8, 4) is 0 Å². The minimum Gasteiger partial charge on any atom is -0.396 e. The molecule has 14 heavy (non-hydrogen) atoms. The van der Waals surface area contributed by atoms with Gasteiger partial charge in [0.05, 0.1) is 0 Å². The minimum absolute atomic E-state index is 0.338. The first-order valence-corrected chi connectivity index (χ1v) is 5.61. The topological polar surface area (TPSA) is 32.7 Å². The van der Waals surface area contributed by atoms with Crippen LogP contribution in [-0.2, 0) is 4.74 Å². The average Bonchev–Trinajstić information content (AvgIpc) is 2.63. The van der Waals surface area contributed by atoms with Gasteiger partial charge in [-0.2, -0.15) is 0 Å². The second-order valence-corrected chi connectivity index (χ2v) is 4.29. The van der Waals surface area contributed by atoms with E-state index in [2.05, 4.69) is 11.8 Å². The predicted octanol–water partition coefficient (Wildman–Crippen LogP) is 1.12. The van der Waals surface area contributed by atoms with Gasteiger partial charge in [0.2, 0.25) is 0 Å². The fraction of sp³-hybridized carbons (Fsp3) is 1.00. The summed E-state index contributed by atoms with van der Waals surface area (Å²) in [5, 5.41) is 8.85. The maximum absolute atomic E-state index is 8.85. The third-order valence-electron chi connectivity index (χ3n) is 3.22. The highest BCUT2D eigenvalue weighted by Gasteiger charge is 2.25. The van der Waals surface area contributed by atoms with Gasteiger partial charge in [-0.05, 0) is 38.6 Å². The molecule has 0 saturated carbocycles. The summed E-state index contributed by atoms with van der Waals surface area (Å²) in [6, 6.07) is 0.624. The van der Waals surface area contributed by atoms with Gasteiger partial charge in [0.15, 0.2) is 0 Å². The lowest BCUT2D eigenvalue weighted by molar-refractivity contribution is 0.149. The van der Waals surface area contributed by atoms with Crippen molar-refractivity contribution in [1.29, 1.82) is 0 Å². The lowest BCUT2D eigenvalue weighted by atomic mass is 10.1. The monoisotopic (exact) mass is 201 g/mol. The maximum atomic E-state index is 8.85. The molecule has 3 nitrogen and oxygen atoms in total. The number of likely N-dealkylation sites (tertiary alicyclic amines) is 1. The molecule has 2 atom stereocenters. The standard InChI is InChI=1S/C11H23NO2/c1-10(5-8-14-2)12-6-3-11(9-12)4-7-13/h10-11,13H,3-9H2,1-2H3. The SMILES string of the molecule is COCCC(C)N1CCC(CCO)C1. The van der Waals surface area contributed by atoms with Crippen LogP contribution in [0.15, 0.2) is 0 Å². The molecule has 1 aliphatic heterocycles. The number of hydrogen-bond donors (Lipinski definition) is 1. The highest BCUT2D eigenvalue weighted by molar-refractivity contribution is 4.79. The van der Waals surface area contributed by atoms with Gasteiger partial charge < -0.3 is 14.7 Å². The van der Waals surface area contributed by atoms with Gasteiger partial charge in [0, 0.05) is 32.9 Å². The molecule has 0 bridgehead atoms. The Morgan fingerprint density at radius 2 is 2.36 bits per heavy atom. The molecule has 1 aliphatic rings. The van der Waals surface area contributed by atoms with E-state index >= 15 is 0 Å². The summed E-state index contributed by atoms with van der Waals surface area (Å²) in [6.45, 7) is 5.80. The van der Waals surface area contributed by atoms with Gasteiger partial charge in [0.1, 0.15) is 0 Å². The number of hydrogen-bond acceptors (Lipinski definition) is 3. The molecule has 1 N–H and O–H groups in total. The lowest BCUT2D eigenvalue weighted by Crippen LogP contribution is -2.31. The molecule has 3 heteroatoms. The Hall–Kier alpha value is -0.120. The molecule has 0 aromatic carbocycles. The molecular formula is C11H23NO2. The van der Waals surface area contributed by atoms with Crippen LogP contribution in [0, 0.1) is 5.92 Å². The summed E-state index contributed by atoms with van der Waals surface area (Å²) in [6.07, 6.45) is 3.33. The minimum atomic E-state index is 0.338. The summed E-state index contributed by atoms with van der Waals surface area (Å²) < 4.78 is 5.08. The Morgan fingerprint density at radius 3 is 3.00 bits per heavy atom. The number of rotatable bonds is 6. The van der Waals surface area contributed by atoms with Crippen LogP contribution in [0.4, 0.5) is 0 Å². The molecule has 0 radical (unpaired) electrons. The second kappa shape index (κ2) is 6.38. The molecular weight excluding hydrogens is 178 g/mol. The van der Waals surface area contributed by atoms with E-state index in [1.807, 2.05) is 0 Å². The summed E-state index contributed by atoms with van der Waals surface area (Å²) >= 11 is 0. The largest absolute Gasteiger partial charge is 0.396 e. The van der Waals surface area contributed by atoms with Gasteiger partial charge in [-0.25, -0.2) is 0 Å². The van der Waals surface area contributed by atoms with Crippen LogP contribution in [-0.4, -0.2) is 49.5 Å². The molecule has 0 spiro atoms. The molecule has 0 aromatic rings. The maximum Gasteiger partial charge on any atom is 0.0477 e. The van der Waals surface area contributed by atoms with Gasteiger partial charge in [-0.3, -0.25) is 0 Å². The van der Waals surface area contributed by atoms with E-state index in [4.69, 9.17) is 9.84 Å². The van der Waals surface area contributed by atoms with E-state index in [1.54, 1.807) is 7.11 Å². The van der Waals surface area contributed by atoms with E-state index < -0.39 is 0 Å². The van der Waals surface area contributed by atoms with Crippen LogP contribution in [0.25, 0.3) is 0 Å². The van der Waals surface area contributed by atoms with Crippen LogP contribution in [0.2, 0.25) is 0 Å². The fourth-order valence-electron chi connectivity index (χ4n) is 2.15. The summed E-state index contributed by atoms with van der Waals surface area (Å²) in [5.41, 5.74) is 0. The average molecular weight is 201 g/mol. The molecule has 1 saturated heterocycles. The Labute approximate surface area is 87.1 Å². The van der Waals surface area contributed by atoms with E-state index in [0.29, 0.717) is 18.6 Å². The number of nitrogens with zero attached hydrogens (tertiary/aromatic N) is 1. The summed E-state index contributed by atoms with van der Waals surface area (Å²) in [4.78, 5) is 2.51. The predicted molar refractivity (Wildman–Crippen MR) is 57.3 cm³/mol. The smallest absolute Gasteiger partial charge is 0.0477 e. The first kappa shape index (κ1) is 12.0. The highest BCUT2D eigenvalue weighted by Crippen LogP contribution is 2.22. The lowest BCUT2D eigenvalue weighted by Gasteiger charge is -2.23. The normalized spacial score (nSPS) is 25.5. The third-order valence-corrected chi connectivity index (χ3v) is 3.22. The molecule has 1 heterocycles. The van der Waals surface area contributed by atoms with Crippen LogP contribution >= 0.6 is 0 Å². The van der Waals surface area contributed by atoms with E-state index in [9.17, 15) is 0 Å². The van der Waals surface area contributed by atoms with Crippen molar-refractivity contribution < 1.29 is 9.84 Å². The zero-order chi connectivity index (χ0) is 10.4. The van der Waals surface area contributed by atoms with Crippen molar-refractivity contribution in [1.82, 2.24) is 4.90 Å². The number of aliphatic hydroxyl groups is 1. The Bertz CT molecular complexity index is 152. The Kier molecular flexibility index (Phi) is 5.45. The molecule has 1 rings (SSSR count). The summed E-state index contributed by atoms with van der Waals surface area (Å²) in [7, 11) is 1.76. The number of ether oxygens (including phenoxy) is 1. The van der Waals surface area contributed by atoms with Crippen molar-refractivity contribution in [3.05, 3.63) is 0 Å². The molecule has 1 fully saturated rings. The van der Waals surface area contributed by atoms with Gasteiger partial charge >= 0.3 is 0 Å². The number of methoxy groups -OCH3 is 1. The zero-order valence-corrected chi connectivity index (χ0v) is 9.41. The van der Waals surface area contributed by atoms with Crippen molar-refractivity contribution in [2.24, 2.45) is 5.92 Å². The van der Waals surface area contributed by atoms with Crippen LogP contribution in [0.1, 0.15) is 26.2 Å². The van der Waals surface area contributed by atoms with Crippen LogP contribution in [0.3, 0.4) is 0 Å². The van der Waals surface area contributed by atoms with Crippen molar-refractivity contribution in [2.45, 2.75) is 32.2 Å². The third kappa shape index (κ3) is 3.56. The quantitative estimate of drug-likeness (QED) is 0.699. The highest BCUT2D eigenvalue weighted by atomic mass is 16.5. The molecule has 0 amide bonds. The fourth-order valence-corrected chi connectivity index (χ4v) is 2.15. The van der Waals surface area contributed by atoms with E-state index in [-0.39, 0.29) is 0 Å². The van der Waals surface area contributed by atoms with Crippen LogP contribution in [0.5, 0.6) is 0 Å². The summed E-state index contributed by atoms with van der Waals surface area (Å²) in [5.74, 6) is 0.713. The van der Waals surface area contributed by atoms with Gasteiger partial charge in [0.25, 0.3) is 0 Å². The van der Waals surface area contributed by atoms with Crippen molar-refractivity contribution in [3.63, 3.8) is 0 Å². The Morgan fingerprint density at radius 1 is 1.57 bits per heavy atom. The first-order chi connectivity index (χ1) is 6.77. The Balaban J connectivity index is 2.19. The zero-order valence-electron chi connectivity index (χ0n) is 9.41. The number of aliphatic hydroxyl groups excluding tert-OH is 1. The van der Waals surface area contributed by atoms with E-state index in [0.717, 1.165) is 26.0 Å².